The smallest absolute Gasteiger partial charge is 0.255 e. The average Bonchev–Trinajstić information content (AvgIpc) is 3.01. The van der Waals surface area contributed by atoms with Gasteiger partial charge in [-0.1, -0.05) is 12.1 Å². The molecule has 0 spiro atoms. The second kappa shape index (κ2) is 5.36. The lowest BCUT2D eigenvalue weighted by Crippen LogP contribution is -2.38. The molecule has 3 N–H and O–H groups in total. The number of nitrogens with one attached hydrogen (secondary N) is 1. The summed E-state index contributed by atoms with van der Waals surface area (Å²) in [5.41, 5.74) is 8.19. The number of amides is 1. The summed E-state index contributed by atoms with van der Waals surface area (Å²) in [4.78, 5) is 14.3. The van der Waals surface area contributed by atoms with E-state index >= 15 is 0 Å². The highest BCUT2D eigenvalue weighted by molar-refractivity contribution is 5.99. The van der Waals surface area contributed by atoms with Crippen LogP contribution in [0.15, 0.2) is 36.5 Å². The summed E-state index contributed by atoms with van der Waals surface area (Å²) in [7, 11) is 0. The molecule has 1 aliphatic heterocycles. The van der Waals surface area contributed by atoms with Crippen LogP contribution in [-0.4, -0.2) is 34.1 Å². The number of nitrogens with two attached hydrogens (primary N) is 1. The number of H-pyrrole nitrogens is 1. The van der Waals surface area contributed by atoms with Crippen LogP contribution < -0.4 is 5.73 Å². The summed E-state index contributed by atoms with van der Waals surface area (Å²) in [6.07, 6.45) is 3.69. The van der Waals surface area contributed by atoms with E-state index in [1.54, 1.807) is 18.3 Å². The van der Waals surface area contributed by atoms with Crippen molar-refractivity contribution < 1.29 is 4.79 Å². The van der Waals surface area contributed by atoms with E-state index in [9.17, 15) is 4.79 Å². The number of hydrogen-bond acceptors (Lipinski definition) is 3. The molecule has 3 rings (SSSR count). The molecule has 5 nitrogen and oxygen atoms in total. The van der Waals surface area contributed by atoms with Crippen molar-refractivity contribution >= 4 is 11.6 Å². The van der Waals surface area contributed by atoms with Gasteiger partial charge in [-0.05, 0) is 31.0 Å². The number of nitrogens with zero attached hydrogens (tertiary/aromatic N) is 2. The monoisotopic (exact) mass is 270 g/mol. The van der Waals surface area contributed by atoms with E-state index < -0.39 is 0 Å². The first-order chi connectivity index (χ1) is 9.75. The number of para-hydroxylation sites is 1. The zero-order valence-corrected chi connectivity index (χ0v) is 11.2. The van der Waals surface area contributed by atoms with E-state index in [-0.39, 0.29) is 5.91 Å². The molecule has 1 saturated heterocycles. The number of carbonyl (C=O) groups excluding carboxylic acids is 1. The number of benzene rings is 1. The Kier molecular flexibility index (Phi) is 3.41. The highest BCUT2D eigenvalue weighted by atomic mass is 16.2. The van der Waals surface area contributed by atoms with E-state index in [0.717, 1.165) is 31.6 Å². The van der Waals surface area contributed by atoms with Gasteiger partial charge < -0.3 is 10.6 Å². The Labute approximate surface area is 117 Å². The number of rotatable bonds is 2. The molecule has 2 heterocycles. The molecule has 20 heavy (non-hydrogen) atoms. The minimum Gasteiger partial charge on any atom is -0.398 e. The number of anilines is 1. The van der Waals surface area contributed by atoms with E-state index in [0.29, 0.717) is 17.2 Å². The van der Waals surface area contributed by atoms with Crippen LogP contribution >= 0.6 is 0 Å². The number of nitrogen functional groups attached to an aromatic ring is 1. The van der Waals surface area contributed by atoms with Crippen molar-refractivity contribution in [3.8, 4) is 0 Å². The van der Waals surface area contributed by atoms with Gasteiger partial charge in [-0.25, -0.2) is 0 Å². The SMILES string of the molecule is Nc1ccccc1C(=O)N1CCC(c2ccn[nH]2)CC1. The van der Waals surface area contributed by atoms with Crippen molar-refractivity contribution in [2.75, 3.05) is 18.8 Å². The minimum absolute atomic E-state index is 0.0335. The second-order valence-electron chi connectivity index (χ2n) is 5.17. The molecular formula is C15H18N4O. The van der Waals surface area contributed by atoms with Gasteiger partial charge in [0.25, 0.3) is 5.91 Å². The number of aromatic nitrogens is 2. The van der Waals surface area contributed by atoms with Crippen molar-refractivity contribution in [3.05, 3.63) is 47.8 Å². The van der Waals surface area contributed by atoms with Crippen LogP contribution in [0, 0.1) is 0 Å². The Balaban J connectivity index is 1.66. The number of aromatic amines is 1. The number of piperidine rings is 1. The molecule has 0 bridgehead atoms. The lowest BCUT2D eigenvalue weighted by molar-refractivity contribution is 0.0713. The van der Waals surface area contributed by atoms with Crippen LogP contribution in [0.5, 0.6) is 0 Å². The van der Waals surface area contributed by atoms with Gasteiger partial charge in [0.05, 0.1) is 5.56 Å². The highest BCUT2D eigenvalue weighted by Crippen LogP contribution is 2.27. The first-order valence-electron chi connectivity index (χ1n) is 6.89. The van der Waals surface area contributed by atoms with Crippen LogP contribution in [0.25, 0.3) is 0 Å². The zero-order valence-electron chi connectivity index (χ0n) is 11.2. The van der Waals surface area contributed by atoms with Crippen LogP contribution in [0.4, 0.5) is 5.69 Å². The zero-order chi connectivity index (χ0) is 13.9. The van der Waals surface area contributed by atoms with Crippen LogP contribution in [-0.2, 0) is 0 Å². The minimum atomic E-state index is 0.0335. The fourth-order valence-electron chi connectivity index (χ4n) is 2.75. The molecule has 1 amide bonds. The first kappa shape index (κ1) is 12.7. The lowest BCUT2D eigenvalue weighted by atomic mass is 9.93. The number of carbonyl (C=O) groups is 1. The first-order valence-corrected chi connectivity index (χ1v) is 6.89. The molecule has 0 saturated carbocycles. The van der Waals surface area contributed by atoms with Gasteiger partial charge >= 0.3 is 0 Å². The van der Waals surface area contributed by atoms with Gasteiger partial charge in [0.1, 0.15) is 0 Å². The van der Waals surface area contributed by atoms with Gasteiger partial charge in [0, 0.05) is 36.6 Å². The second-order valence-corrected chi connectivity index (χ2v) is 5.17. The molecule has 1 fully saturated rings. The predicted octanol–water partition coefficient (Wildman–Crippen LogP) is 2.01. The Bertz CT molecular complexity index is 586. The van der Waals surface area contributed by atoms with Gasteiger partial charge in [-0.3, -0.25) is 9.89 Å². The van der Waals surface area contributed by atoms with E-state index in [4.69, 9.17) is 5.73 Å². The van der Waals surface area contributed by atoms with E-state index in [1.165, 1.54) is 0 Å². The molecule has 104 valence electrons. The van der Waals surface area contributed by atoms with Gasteiger partial charge in [-0.2, -0.15) is 5.10 Å². The molecule has 0 aliphatic carbocycles. The number of likely N-dealkylation sites (tertiary alicyclic amines) is 1. The topological polar surface area (TPSA) is 75.0 Å². The van der Waals surface area contributed by atoms with Crippen molar-refractivity contribution in [2.45, 2.75) is 18.8 Å². The molecule has 0 unspecified atom stereocenters. The highest BCUT2D eigenvalue weighted by Gasteiger charge is 2.25. The van der Waals surface area contributed by atoms with Gasteiger partial charge in [-0.15, -0.1) is 0 Å². The molecule has 2 aromatic rings. The van der Waals surface area contributed by atoms with Crippen molar-refractivity contribution in [2.24, 2.45) is 0 Å². The third kappa shape index (κ3) is 2.39. The maximum Gasteiger partial charge on any atom is 0.255 e. The maximum absolute atomic E-state index is 12.4. The number of hydrogen-bond donors (Lipinski definition) is 2. The summed E-state index contributed by atoms with van der Waals surface area (Å²) in [6, 6.07) is 9.26. The largest absolute Gasteiger partial charge is 0.398 e. The van der Waals surface area contributed by atoms with Crippen LogP contribution in [0.2, 0.25) is 0 Å². The lowest BCUT2D eigenvalue weighted by Gasteiger charge is -2.31. The summed E-state index contributed by atoms with van der Waals surface area (Å²) in [6.45, 7) is 1.52. The maximum atomic E-state index is 12.4. The van der Waals surface area contributed by atoms with Crippen molar-refractivity contribution in [3.63, 3.8) is 0 Å². The molecule has 5 heteroatoms. The normalized spacial score (nSPS) is 16.3. The quantitative estimate of drug-likeness (QED) is 0.820. The van der Waals surface area contributed by atoms with E-state index in [2.05, 4.69) is 10.2 Å². The van der Waals surface area contributed by atoms with Crippen LogP contribution in [0.3, 0.4) is 0 Å². The van der Waals surface area contributed by atoms with Crippen molar-refractivity contribution in [1.29, 1.82) is 0 Å². The third-order valence-corrected chi connectivity index (χ3v) is 3.94. The Morgan fingerprint density at radius 1 is 1.25 bits per heavy atom. The van der Waals surface area contributed by atoms with Gasteiger partial charge in [0.15, 0.2) is 0 Å². The Morgan fingerprint density at radius 2 is 2.00 bits per heavy atom. The predicted molar refractivity (Wildman–Crippen MR) is 77.3 cm³/mol. The molecular weight excluding hydrogens is 252 g/mol. The molecule has 1 aromatic carbocycles. The fraction of sp³-hybridized carbons (Fsp3) is 0.333. The van der Waals surface area contributed by atoms with E-state index in [1.807, 2.05) is 23.1 Å². The summed E-state index contributed by atoms with van der Waals surface area (Å²) < 4.78 is 0. The molecule has 1 aromatic heterocycles. The Hall–Kier alpha value is -2.30. The standard InChI is InChI=1S/C15H18N4O/c16-13-4-2-1-3-12(13)15(20)19-9-6-11(7-10-19)14-5-8-17-18-14/h1-5,8,11H,6-7,9-10,16H2,(H,17,18). The molecule has 0 radical (unpaired) electrons. The Morgan fingerprint density at radius 3 is 2.65 bits per heavy atom. The summed E-state index contributed by atoms with van der Waals surface area (Å²) in [5.74, 6) is 0.501. The van der Waals surface area contributed by atoms with Gasteiger partial charge in [0.2, 0.25) is 0 Å². The summed E-state index contributed by atoms with van der Waals surface area (Å²) >= 11 is 0. The molecule has 1 aliphatic rings. The molecule has 0 atom stereocenters. The third-order valence-electron chi connectivity index (χ3n) is 3.94. The van der Waals surface area contributed by atoms with Crippen LogP contribution in [0.1, 0.15) is 34.8 Å². The van der Waals surface area contributed by atoms with Crippen molar-refractivity contribution in [1.82, 2.24) is 15.1 Å². The fourth-order valence-corrected chi connectivity index (χ4v) is 2.75. The summed E-state index contributed by atoms with van der Waals surface area (Å²) in [5, 5.41) is 7.01. The average molecular weight is 270 g/mol.